The first kappa shape index (κ1) is 20.7. The third-order valence-corrected chi connectivity index (χ3v) is 6.51. The van der Waals surface area contributed by atoms with Crippen molar-refractivity contribution in [3.8, 4) is 5.75 Å². The van der Waals surface area contributed by atoms with Gasteiger partial charge in [-0.3, -0.25) is 4.31 Å². The van der Waals surface area contributed by atoms with E-state index in [0.717, 1.165) is 11.3 Å². The van der Waals surface area contributed by atoms with E-state index in [1.165, 1.54) is 10.5 Å². The largest absolute Gasteiger partial charge is 0.496 e. The van der Waals surface area contributed by atoms with Crippen LogP contribution in [0.2, 0.25) is 0 Å². The lowest BCUT2D eigenvalue weighted by Gasteiger charge is -2.23. The van der Waals surface area contributed by atoms with Crippen LogP contribution in [0.1, 0.15) is 25.5 Å². The van der Waals surface area contributed by atoms with Crippen molar-refractivity contribution >= 4 is 21.5 Å². The summed E-state index contributed by atoms with van der Waals surface area (Å²) in [4.78, 5) is 4.47. The summed E-state index contributed by atoms with van der Waals surface area (Å²) in [5.74, 6) is 1.37. The van der Waals surface area contributed by atoms with Gasteiger partial charge in [-0.1, -0.05) is 36.4 Å². The van der Waals surface area contributed by atoms with Crippen LogP contribution in [0, 0.1) is 0 Å². The zero-order chi connectivity index (χ0) is 20.9. The maximum atomic E-state index is 13.1. The van der Waals surface area contributed by atoms with Crippen molar-refractivity contribution < 1.29 is 13.2 Å². The Morgan fingerprint density at radius 3 is 2.34 bits per heavy atom. The molecule has 6 nitrogen and oxygen atoms in total. The van der Waals surface area contributed by atoms with Crippen molar-refractivity contribution in [1.82, 2.24) is 4.98 Å². The summed E-state index contributed by atoms with van der Waals surface area (Å²) in [7, 11) is -2.05. The number of nitrogens with one attached hydrogen (secondary N) is 1. The SMILES string of the molecule is CCN(c1ccccc1)S(=O)(=O)c1ccc(NC(C)c2ccccc2OC)nc1. The smallest absolute Gasteiger partial charge is 0.265 e. The number of hydrogen-bond acceptors (Lipinski definition) is 5. The van der Waals surface area contributed by atoms with Gasteiger partial charge in [0.1, 0.15) is 16.5 Å². The Balaban J connectivity index is 1.80. The minimum atomic E-state index is -3.69. The van der Waals surface area contributed by atoms with E-state index in [9.17, 15) is 8.42 Å². The number of para-hydroxylation sites is 2. The van der Waals surface area contributed by atoms with Crippen molar-refractivity contribution in [2.24, 2.45) is 0 Å². The first-order valence-corrected chi connectivity index (χ1v) is 10.8. The van der Waals surface area contributed by atoms with Crippen LogP contribution < -0.4 is 14.4 Å². The highest BCUT2D eigenvalue weighted by Gasteiger charge is 2.24. The summed E-state index contributed by atoms with van der Waals surface area (Å²) in [6.45, 7) is 4.14. The van der Waals surface area contributed by atoms with Crippen molar-refractivity contribution in [2.75, 3.05) is 23.3 Å². The monoisotopic (exact) mass is 411 g/mol. The van der Waals surface area contributed by atoms with Crippen LogP contribution in [-0.2, 0) is 10.0 Å². The lowest BCUT2D eigenvalue weighted by atomic mass is 10.1. The number of aromatic nitrogens is 1. The van der Waals surface area contributed by atoms with Crippen LogP contribution in [0.3, 0.4) is 0 Å². The van der Waals surface area contributed by atoms with Gasteiger partial charge < -0.3 is 10.1 Å². The van der Waals surface area contributed by atoms with Crippen molar-refractivity contribution in [3.63, 3.8) is 0 Å². The van der Waals surface area contributed by atoms with Crippen LogP contribution >= 0.6 is 0 Å². The summed E-state index contributed by atoms with van der Waals surface area (Å²) in [6.07, 6.45) is 1.39. The zero-order valence-electron chi connectivity index (χ0n) is 16.7. The van der Waals surface area contributed by atoms with Gasteiger partial charge in [0.15, 0.2) is 0 Å². The molecule has 0 saturated heterocycles. The highest BCUT2D eigenvalue weighted by molar-refractivity contribution is 7.92. The first-order valence-electron chi connectivity index (χ1n) is 9.40. The van der Waals surface area contributed by atoms with E-state index in [1.807, 2.05) is 56.3 Å². The molecular weight excluding hydrogens is 386 g/mol. The van der Waals surface area contributed by atoms with Crippen molar-refractivity contribution in [2.45, 2.75) is 24.8 Å². The quantitative estimate of drug-likeness (QED) is 0.592. The Bertz CT molecular complexity index is 1040. The highest BCUT2D eigenvalue weighted by Crippen LogP contribution is 2.28. The normalized spacial score (nSPS) is 12.2. The van der Waals surface area contributed by atoms with Gasteiger partial charge in [-0.2, -0.15) is 0 Å². The number of nitrogens with zero attached hydrogens (tertiary/aromatic N) is 2. The molecule has 1 unspecified atom stereocenters. The van der Waals surface area contributed by atoms with Gasteiger partial charge in [0, 0.05) is 18.3 Å². The molecule has 1 heterocycles. The number of hydrogen-bond donors (Lipinski definition) is 1. The van der Waals surface area contributed by atoms with E-state index in [0.29, 0.717) is 18.1 Å². The van der Waals surface area contributed by atoms with Gasteiger partial charge in [0.05, 0.1) is 18.8 Å². The molecule has 0 saturated carbocycles. The van der Waals surface area contributed by atoms with Gasteiger partial charge in [0.25, 0.3) is 10.0 Å². The summed E-state index contributed by atoms with van der Waals surface area (Å²) < 4.78 is 32.9. The summed E-state index contributed by atoms with van der Waals surface area (Å²) >= 11 is 0. The first-order chi connectivity index (χ1) is 14.0. The number of anilines is 2. The van der Waals surface area contributed by atoms with Crippen LogP contribution in [-0.4, -0.2) is 27.1 Å². The Hall–Kier alpha value is -3.06. The number of methoxy groups -OCH3 is 1. The van der Waals surface area contributed by atoms with E-state index in [1.54, 1.807) is 31.4 Å². The molecule has 3 aromatic rings. The Morgan fingerprint density at radius 2 is 1.72 bits per heavy atom. The molecule has 0 fully saturated rings. The average Bonchev–Trinajstić information content (AvgIpc) is 2.75. The van der Waals surface area contributed by atoms with E-state index in [-0.39, 0.29) is 10.9 Å². The third-order valence-electron chi connectivity index (χ3n) is 4.63. The van der Waals surface area contributed by atoms with E-state index < -0.39 is 10.0 Å². The summed E-state index contributed by atoms with van der Waals surface area (Å²) in [5.41, 5.74) is 1.62. The number of pyridine rings is 1. The molecule has 1 atom stereocenters. The second-order valence-electron chi connectivity index (χ2n) is 6.49. The predicted molar refractivity (Wildman–Crippen MR) is 116 cm³/mol. The molecule has 3 rings (SSSR count). The molecule has 0 aliphatic carbocycles. The minimum Gasteiger partial charge on any atom is -0.496 e. The van der Waals surface area contributed by atoms with E-state index in [2.05, 4.69) is 10.3 Å². The zero-order valence-corrected chi connectivity index (χ0v) is 17.6. The van der Waals surface area contributed by atoms with E-state index >= 15 is 0 Å². The molecule has 1 N–H and O–H groups in total. The topological polar surface area (TPSA) is 71.5 Å². The number of rotatable bonds is 8. The van der Waals surface area contributed by atoms with Crippen LogP contribution in [0.4, 0.5) is 11.5 Å². The maximum absolute atomic E-state index is 13.1. The fourth-order valence-electron chi connectivity index (χ4n) is 3.15. The summed E-state index contributed by atoms with van der Waals surface area (Å²) in [5, 5.41) is 3.29. The third kappa shape index (κ3) is 4.51. The molecule has 7 heteroatoms. The molecule has 0 radical (unpaired) electrons. The van der Waals surface area contributed by atoms with Crippen molar-refractivity contribution in [3.05, 3.63) is 78.5 Å². The fraction of sp³-hybridized carbons (Fsp3) is 0.227. The van der Waals surface area contributed by atoms with Crippen LogP contribution in [0.5, 0.6) is 5.75 Å². The molecule has 152 valence electrons. The fourth-order valence-corrected chi connectivity index (χ4v) is 4.57. The second kappa shape index (κ2) is 8.96. The molecule has 0 aliphatic heterocycles. The number of ether oxygens (including phenoxy) is 1. The molecular formula is C22H25N3O3S. The van der Waals surface area contributed by atoms with Gasteiger partial charge in [0.2, 0.25) is 0 Å². The lowest BCUT2D eigenvalue weighted by Crippen LogP contribution is -2.30. The van der Waals surface area contributed by atoms with E-state index in [4.69, 9.17) is 4.74 Å². The molecule has 0 bridgehead atoms. The van der Waals surface area contributed by atoms with Crippen LogP contribution in [0.15, 0.2) is 77.8 Å². The van der Waals surface area contributed by atoms with Gasteiger partial charge in [-0.25, -0.2) is 13.4 Å². The maximum Gasteiger partial charge on any atom is 0.265 e. The summed E-state index contributed by atoms with van der Waals surface area (Å²) in [6, 6.07) is 20.0. The highest BCUT2D eigenvalue weighted by atomic mass is 32.2. The molecule has 2 aromatic carbocycles. The second-order valence-corrected chi connectivity index (χ2v) is 8.35. The minimum absolute atomic E-state index is 0.0578. The van der Waals surface area contributed by atoms with Crippen molar-refractivity contribution in [1.29, 1.82) is 0 Å². The van der Waals surface area contributed by atoms with Crippen LogP contribution in [0.25, 0.3) is 0 Å². The predicted octanol–water partition coefficient (Wildman–Crippen LogP) is 4.48. The Labute approximate surface area is 172 Å². The molecule has 29 heavy (non-hydrogen) atoms. The molecule has 1 aromatic heterocycles. The molecule has 0 spiro atoms. The lowest BCUT2D eigenvalue weighted by molar-refractivity contribution is 0.408. The average molecular weight is 412 g/mol. The molecule has 0 amide bonds. The standard InChI is InChI=1S/C22H25N3O3S/c1-4-25(18-10-6-5-7-11-18)29(26,27)19-14-15-22(23-16-19)24-17(2)20-12-8-9-13-21(20)28-3/h5-17H,4H2,1-3H3,(H,23,24). The van der Waals surface area contributed by atoms with Gasteiger partial charge in [-0.15, -0.1) is 0 Å². The Kier molecular flexibility index (Phi) is 6.39. The van der Waals surface area contributed by atoms with Gasteiger partial charge in [-0.05, 0) is 44.2 Å². The Morgan fingerprint density at radius 1 is 1.03 bits per heavy atom. The number of benzene rings is 2. The number of sulfonamides is 1. The molecule has 0 aliphatic rings. The van der Waals surface area contributed by atoms with Gasteiger partial charge >= 0.3 is 0 Å².